The van der Waals surface area contributed by atoms with E-state index in [4.69, 9.17) is 5.73 Å². The molecule has 0 saturated carbocycles. The predicted octanol–water partition coefficient (Wildman–Crippen LogP) is 0.839. The summed E-state index contributed by atoms with van der Waals surface area (Å²) in [6, 6.07) is 0. The van der Waals surface area contributed by atoms with Crippen molar-refractivity contribution in [2.24, 2.45) is 11.1 Å². The molecule has 1 heterocycles. The van der Waals surface area contributed by atoms with Gasteiger partial charge in [-0.1, -0.05) is 0 Å². The first-order chi connectivity index (χ1) is 6.28. The van der Waals surface area contributed by atoms with Gasteiger partial charge in [0.05, 0.1) is 12.0 Å². The molecule has 0 aromatic heterocycles. The Labute approximate surface area is 82.2 Å². The number of alkyl halides is 2. The topological polar surface area (TPSA) is 46.3 Å². The van der Waals surface area contributed by atoms with Crippen molar-refractivity contribution in [3.05, 3.63) is 0 Å². The van der Waals surface area contributed by atoms with Crippen molar-refractivity contribution in [1.29, 1.82) is 0 Å². The Bertz CT molecular complexity index is 241. The van der Waals surface area contributed by atoms with Gasteiger partial charge in [0.25, 0.3) is 5.92 Å². The van der Waals surface area contributed by atoms with E-state index in [1.807, 2.05) is 0 Å². The van der Waals surface area contributed by atoms with Gasteiger partial charge in [-0.25, -0.2) is 8.78 Å². The number of carbonyl (C=O) groups excluding carboxylic acids is 1. The summed E-state index contributed by atoms with van der Waals surface area (Å²) in [5, 5.41) is 0. The molecule has 1 amide bonds. The largest absolute Gasteiger partial charge is 0.336 e. The van der Waals surface area contributed by atoms with E-state index in [1.54, 1.807) is 13.8 Å². The maximum atomic E-state index is 12.8. The van der Waals surface area contributed by atoms with Crippen molar-refractivity contribution >= 4 is 5.91 Å². The average molecular weight is 206 g/mol. The second-order valence-corrected chi connectivity index (χ2v) is 4.42. The summed E-state index contributed by atoms with van der Waals surface area (Å²) in [4.78, 5) is 12.9. The van der Waals surface area contributed by atoms with Crippen molar-refractivity contribution in [1.82, 2.24) is 4.90 Å². The summed E-state index contributed by atoms with van der Waals surface area (Å²) in [6.45, 7) is 3.19. The third-order valence-corrected chi connectivity index (χ3v) is 2.55. The second kappa shape index (κ2) is 3.46. The lowest BCUT2D eigenvalue weighted by atomic mass is 9.92. The van der Waals surface area contributed by atoms with Crippen LogP contribution < -0.4 is 5.73 Å². The van der Waals surface area contributed by atoms with E-state index in [0.717, 1.165) is 0 Å². The first kappa shape index (κ1) is 11.4. The van der Waals surface area contributed by atoms with E-state index >= 15 is 0 Å². The molecule has 0 bridgehead atoms. The van der Waals surface area contributed by atoms with Gasteiger partial charge in [0.2, 0.25) is 5.91 Å². The molecule has 0 atom stereocenters. The van der Waals surface area contributed by atoms with Gasteiger partial charge in [0.1, 0.15) is 0 Å². The number of hydrogen-bond acceptors (Lipinski definition) is 2. The van der Waals surface area contributed by atoms with E-state index in [9.17, 15) is 13.6 Å². The molecule has 1 aliphatic heterocycles. The van der Waals surface area contributed by atoms with Crippen LogP contribution in [0.5, 0.6) is 0 Å². The fourth-order valence-corrected chi connectivity index (χ4v) is 1.42. The fraction of sp³-hybridized carbons (Fsp3) is 0.889. The zero-order valence-corrected chi connectivity index (χ0v) is 8.52. The third-order valence-electron chi connectivity index (χ3n) is 2.55. The molecule has 1 aliphatic rings. The van der Waals surface area contributed by atoms with Crippen molar-refractivity contribution in [3.63, 3.8) is 0 Å². The molecule has 0 aliphatic carbocycles. The molecule has 0 unspecified atom stereocenters. The van der Waals surface area contributed by atoms with Gasteiger partial charge in [0.15, 0.2) is 0 Å². The number of rotatable bonds is 2. The molecular weight excluding hydrogens is 190 g/mol. The van der Waals surface area contributed by atoms with Crippen LogP contribution in [-0.2, 0) is 4.79 Å². The maximum Gasteiger partial charge on any atom is 0.267 e. The Hall–Kier alpha value is -0.710. The number of hydrogen-bond donors (Lipinski definition) is 1. The number of halogens is 2. The third kappa shape index (κ3) is 2.20. The molecule has 82 valence electrons. The highest BCUT2D eigenvalue weighted by Crippen LogP contribution is 2.29. The van der Waals surface area contributed by atoms with Crippen LogP contribution in [0, 0.1) is 5.41 Å². The summed E-state index contributed by atoms with van der Waals surface area (Å²) < 4.78 is 25.6. The van der Waals surface area contributed by atoms with Crippen LogP contribution in [0.3, 0.4) is 0 Å². The SMILES string of the molecule is CC(C)(CN)C(=O)N1CCC(F)(F)C1. The first-order valence-electron chi connectivity index (χ1n) is 4.66. The van der Waals surface area contributed by atoms with Gasteiger partial charge in [-0.2, -0.15) is 0 Å². The second-order valence-electron chi connectivity index (χ2n) is 4.42. The minimum atomic E-state index is -2.72. The Balaban J connectivity index is 2.65. The van der Waals surface area contributed by atoms with Crippen molar-refractivity contribution in [2.75, 3.05) is 19.6 Å². The standard InChI is InChI=1S/C9H16F2N2O/c1-8(2,5-12)7(14)13-4-3-9(10,11)6-13/h3-6,12H2,1-2H3. The molecule has 2 N–H and O–H groups in total. The van der Waals surface area contributed by atoms with Gasteiger partial charge in [-0.3, -0.25) is 4.79 Å². The predicted molar refractivity (Wildman–Crippen MR) is 49.0 cm³/mol. The van der Waals surface area contributed by atoms with Crippen LogP contribution in [0.2, 0.25) is 0 Å². The molecular formula is C9H16F2N2O. The van der Waals surface area contributed by atoms with Crippen molar-refractivity contribution in [3.8, 4) is 0 Å². The van der Waals surface area contributed by atoms with Gasteiger partial charge >= 0.3 is 0 Å². The average Bonchev–Trinajstić information content (AvgIpc) is 2.44. The molecule has 5 heteroatoms. The molecule has 0 radical (unpaired) electrons. The minimum absolute atomic E-state index is 0.134. The van der Waals surface area contributed by atoms with Crippen LogP contribution >= 0.6 is 0 Å². The zero-order chi connectivity index (χ0) is 11.0. The minimum Gasteiger partial charge on any atom is -0.336 e. The van der Waals surface area contributed by atoms with Crippen LogP contribution in [0.4, 0.5) is 8.78 Å². The van der Waals surface area contributed by atoms with Crippen LogP contribution in [0.1, 0.15) is 20.3 Å². The Kier molecular flexibility index (Phi) is 2.81. The lowest BCUT2D eigenvalue weighted by molar-refractivity contribution is -0.140. The number of carbonyl (C=O) groups is 1. The van der Waals surface area contributed by atoms with E-state index < -0.39 is 17.9 Å². The smallest absolute Gasteiger partial charge is 0.267 e. The van der Waals surface area contributed by atoms with Gasteiger partial charge in [0, 0.05) is 19.5 Å². The molecule has 0 spiro atoms. The molecule has 3 nitrogen and oxygen atoms in total. The van der Waals surface area contributed by atoms with Gasteiger partial charge in [-0.05, 0) is 13.8 Å². The summed E-state index contributed by atoms with van der Waals surface area (Å²) >= 11 is 0. The summed E-state index contributed by atoms with van der Waals surface area (Å²) in [6.07, 6.45) is -0.237. The lowest BCUT2D eigenvalue weighted by Gasteiger charge is -2.27. The quantitative estimate of drug-likeness (QED) is 0.727. The monoisotopic (exact) mass is 206 g/mol. The Morgan fingerprint density at radius 1 is 1.57 bits per heavy atom. The van der Waals surface area contributed by atoms with E-state index in [2.05, 4.69) is 0 Å². The van der Waals surface area contributed by atoms with Crippen LogP contribution in [0.15, 0.2) is 0 Å². The highest BCUT2D eigenvalue weighted by Gasteiger charge is 2.43. The molecule has 14 heavy (non-hydrogen) atoms. The molecule has 0 aromatic carbocycles. The zero-order valence-electron chi connectivity index (χ0n) is 8.52. The van der Waals surface area contributed by atoms with Crippen molar-refractivity contribution in [2.45, 2.75) is 26.2 Å². The number of amides is 1. The summed E-state index contributed by atoms with van der Waals surface area (Å²) in [5.41, 5.74) is 4.67. The first-order valence-corrected chi connectivity index (χ1v) is 4.66. The summed E-state index contributed by atoms with van der Waals surface area (Å²) in [5.74, 6) is -3.00. The summed E-state index contributed by atoms with van der Waals surface area (Å²) in [7, 11) is 0. The van der Waals surface area contributed by atoms with E-state index in [0.29, 0.717) is 0 Å². The molecule has 1 saturated heterocycles. The number of likely N-dealkylation sites (tertiary alicyclic amines) is 1. The fourth-order valence-electron chi connectivity index (χ4n) is 1.42. The van der Waals surface area contributed by atoms with E-state index in [-0.39, 0.29) is 25.4 Å². The highest BCUT2D eigenvalue weighted by atomic mass is 19.3. The van der Waals surface area contributed by atoms with Crippen LogP contribution in [-0.4, -0.2) is 36.4 Å². The Morgan fingerprint density at radius 3 is 2.50 bits per heavy atom. The van der Waals surface area contributed by atoms with Crippen molar-refractivity contribution < 1.29 is 13.6 Å². The molecule has 1 rings (SSSR count). The number of nitrogens with two attached hydrogens (primary N) is 1. The highest BCUT2D eigenvalue weighted by molar-refractivity contribution is 5.82. The Morgan fingerprint density at radius 2 is 2.14 bits per heavy atom. The van der Waals surface area contributed by atoms with Gasteiger partial charge < -0.3 is 10.6 Å². The normalized spacial score (nSPS) is 21.4. The lowest BCUT2D eigenvalue weighted by Crippen LogP contribution is -2.44. The van der Waals surface area contributed by atoms with Gasteiger partial charge in [-0.15, -0.1) is 0 Å². The molecule has 1 fully saturated rings. The molecule has 0 aromatic rings. The van der Waals surface area contributed by atoms with E-state index in [1.165, 1.54) is 4.90 Å². The van der Waals surface area contributed by atoms with Crippen LogP contribution in [0.25, 0.3) is 0 Å². The maximum absolute atomic E-state index is 12.8. The number of nitrogens with zero attached hydrogens (tertiary/aromatic N) is 1.